The fourth-order valence-electron chi connectivity index (χ4n) is 1.75. The Balaban J connectivity index is 2.84. The molecule has 0 bridgehead atoms. The second-order valence-corrected chi connectivity index (χ2v) is 4.21. The van der Waals surface area contributed by atoms with Gasteiger partial charge in [0, 0.05) is 13.0 Å². The zero-order valence-corrected chi connectivity index (χ0v) is 10.0. The quantitative estimate of drug-likeness (QED) is 0.405. The summed E-state index contributed by atoms with van der Waals surface area (Å²) in [7, 11) is 0. The Morgan fingerprint density at radius 3 is 1.47 bits per heavy atom. The Hall–Kier alpha value is -0.480. The van der Waals surface area contributed by atoms with E-state index in [-0.39, 0.29) is 0 Å². The molecular formula is C14H26O. The minimum atomic E-state index is 0.356. The van der Waals surface area contributed by atoms with Crippen LogP contribution in [0.25, 0.3) is 0 Å². The van der Waals surface area contributed by atoms with Gasteiger partial charge in [-0.2, -0.15) is 0 Å². The maximum absolute atomic E-state index is 8.60. The summed E-state index contributed by atoms with van der Waals surface area (Å²) in [6.45, 7) is 0.356. The van der Waals surface area contributed by atoms with Crippen LogP contribution in [0.3, 0.4) is 0 Å². The molecule has 0 atom stereocenters. The van der Waals surface area contributed by atoms with Crippen LogP contribution in [0.2, 0.25) is 0 Å². The van der Waals surface area contributed by atoms with Crippen LogP contribution in [0.5, 0.6) is 0 Å². The zero-order chi connectivity index (χ0) is 11.2. The predicted octanol–water partition coefficient (Wildman–Crippen LogP) is 3.90. The van der Waals surface area contributed by atoms with Crippen LogP contribution in [-0.4, -0.2) is 11.7 Å². The van der Waals surface area contributed by atoms with E-state index >= 15 is 0 Å². The third-order valence-corrected chi connectivity index (χ3v) is 2.73. The molecule has 0 aromatic heterocycles. The van der Waals surface area contributed by atoms with Crippen molar-refractivity contribution in [3.05, 3.63) is 0 Å². The van der Waals surface area contributed by atoms with Crippen LogP contribution in [0.1, 0.15) is 70.6 Å². The van der Waals surface area contributed by atoms with Crippen molar-refractivity contribution in [3.63, 3.8) is 0 Å². The van der Waals surface area contributed by atoms with E-state index in [1.807, 2.05) is 0 Å². The molecule has 1 heteroatoms. The molecular weight excluding hydrogens is 184 g/mol. The first-order valence-electron chi connectivity index (χ1n) is 6.46. The summed E-state index contributed by atoms with van der Waals surface area (Å²) in [5.41, 5.74) is 0. The van der Waals surface area contributed by atoms with Gasteiger partial charge in [-0.25, -0.2) is 0 Å². The van der Waals surface area contributed by atoms with Gasteiger partial charge in [0.15, 0.2) is 0 Å². The monoisotopic (exact) mass is 210 g/mol. The third kappa shape index (κ3) is 13.5. The first-order valence-corrected chi connectivity index (χ1v) is 6.46. The van der Waals surface area contributed by atoms with Gasteiger partial charge in [-0.1, -0.05) is 51.4 Å². The van der Waals surface area contributed by atoms with Crippen molar-refractivity contribution in [3.8, 4) is 12.3 Å². The fourth-order valence-corrected chi connectivity index (χ4v) is 1.75. The fraction of sp³-hybridized carbons (Fsp3) is 0.857. The van der Waals surface area contributed by atoms with Crippen molar-refractivity contribution < 1.29 is 5.11 Å². The average molecular weight is 210 g/mol. The lowest BCUT2D eigenvalue weighted by Gasteiger charge is -2.01. The minimum Gasteiger partial charge on any atom is -0.396 e. The highest BCUT2D eigenvalue weighted by Gasteiger charge is 1.92. The molecule has 0 unspecified atom stereocenters. The summed E-state index contributed by atoms with van der Waals surface area (Å²) >= 11 is 0. The van der Waals surface area contributed by atoms with Gasteiger partial charge in [-0.15, -0.1) is 12.3 Å². The van der Waals surface area contributed by atoms with Crippen molar-refractivity contribution in [1.29, 1.82) is 0 Å². The summed E-state index contributed by atoms with van der Waals surface area (Å²) < 4.78 is 0. The molecule has 15 heavy (non-hydrogen) atoms. The molecule has 0 amide bonds. The lowest BCUT2D eigenvalue weighted by molar-refractivity contribution is 0.282. The molecule has 0 rings (SSSR count). The van der Waals surface area contributed by atoms with Crippen LogP contribution in [0.4, 0.5) is 0 Å². The van der Waals surface area contributed by atoms with Crippen molar-refractivity contribution in [1.82, 2.24) is 0 Å². The van der Waals surface area contributed by atoms with Gasteiger partial charge >= 0.3 is 0 Å². The molecule has 1 nitrogen and oxygen atoms in total. The van der Waals surface area contributed by atoms with Gasteiger partial charge in [0.2, 0.25) is 0 Å². The third-order valence-electron chi connectivity index (χ3n) is 2.73. The van der Waals surface area contributed by atoms with Gasteiger partial charge in [0.1, 0.15) is 0 Å². The molecule has 0 fully saturated rings. The van der Waals surface area contributed by atoms with Crippen LogP contribution in [0, 0.1) is 12.3 Å². The molecule has 0 aliphatic rings. The Kier molecular flexibility index (Phi) is 13.1. The van der Waals surface area contributed by atoms with Crippen LogP contribution < -0.4 is 0 Å². The van der Waals surface area contributed by atoms with Gasteiger partial charge in [0.25, 0.3) is 0 Å². The Morgan fingerprint density at radius 1 is 0.667 bits per heavy atom. The number of aliphatic hydroxyl groups excluding tert-OH is 1. The second-order valence-electron chi connectivity index (χ2n) is 4.21. The van der Waals surface area contributed by atoms with Crippen molar-refractivity contribution in [2.24, 2.45) is 0 Å². The number of aliphatic hydroxyl groups is 1. The highest BCUT2D eigenvalue weighted by atomic mass is 16.2. The Morgan fingerprint density at radius 2 is 1.07 bits per heavy atom. The standard InChI is InChI=1S/C14H26O/c1-2-3-4-5-6-7-8-9-10-11-12-13-14-15/h1,15H,3-14H2. The Labute approximate surface area is 95.3 Å². The normalized spacial score (nSPS) is 10.1. The molecule has 0 aliphatic carbocycles. The van der Waals surface area contributed by atoms with Gasteiger partial charge in [0.05, 0.1) is 0 Å². The van der Waals surface area contributed by atoms with Gasteiger partial charge in [-0.05, 0) is 12.8 Å². The van der Waals surface area contributed by atoms with Crippen LogP contribution >= 0.6 is 0 Å². The van der Waals surface area contributed by atoms with Gasteiger partial charge < -0.3 is 5.11 Å². The average Bonchev–Trinajstić information content (AvgIpc) is 2.26. The SMILES string of the molecule is C#CCCCCCCCCCCCCO. The van der Waals surface area contributed by atoms with Crippen LogP contribution in [-0.2, 0) is 0 Å². The van der Waals surface area contributed by atoms with E-state index in [2.05, 4.69) is 5.92 Å². The highest BCUT2D eigenvalue weighted by molar-refractivity contribution is 4.82. The molecule has 0 heterocycles. The van der Waals surface area contributed by atoms with E-state index < -0.39 is 0 Å². The van der Waals surface area contributed by atoms with E-state index in [1.54, 1.807) is 0 Å². The molecule has 1 N–H and O–H groups in total. The summed E-state index contributed by atoms with van der Waals surface area (Å²) in [6.07, 6.45) is 18.9. The smallest absolute Gasteiger partial charge is 0.0431 e. The number of unbranched alkanes of at least 4 members (excludes halogenated alkanes) is 10. The number of hydrogen-bond acceptors (Lipinski definition) is 1. The van der Waals surface area contributed by atoms with E-state index in [0.29, 0.717) is 6.61 Å². The molecule has 0 saturated carbocycles. The summed E-state index contributed by atoms with van der Waals surface area (Å²) in [5, 5.41) is 8.60. The zero-order valence-electron chi connectivity index (χ0n) is 10.0. The number of rotatable bonds is 11. The lowest BCUT2D eigenvalue weighted by Crippen LogP contribution is -1.84. The predicted molar refractivity (Wildman–Crippen MR) is 66.7 cm³/mol. The molecule has 0 radical (unpaired) electrons. The van der Waals surface area contributed by atoms with E-state index in [1.165, 1.54) is 57.8 Å². The van der Waals surface area contributed by atoms with Gasteiger partial charge in [-0.3, -0.25) is 0 Å². The molecule has 0 aromatic carbocycles. The van der Waals surface area contributed by atoms with E-state index in [0.717, 1.165) is 12.8 Å². The van der Waals surface area contributed by atoms with E-state index in [4.69, 9.17) is 11.5 Å². The second kappa shape index (κ2) is 13.5. The molecule has 0 spiro atoms. The number of hydrogen-bond donors (Lipinski definition) is 1. The molecule has 0 aromatic rings. The molecule has 88 valence electrons. The highest BCUT2D eigenvalue weighted by Crippen LogP contribution is 2.10. The first kappa shape index (κ1) is 14.5. The molecule has 0 saturated heterocycles. The topological polar surface area (TPSA) is 20.2 Å². The summed E-state index contributed by atoms with van der Waals surface area (Å²) in [5.74, 6) is 2.68. The van der Waals surface area contributed by atoms with E-state index in [9.17, 15) is 0 Å². The molecule has 0 aliphatic heterocycles. The summed E-state index contributed by atoms with van der Waals surface area (Å²) in [4.78, 5) is 0. The lowest BCUT2D eigenvalue weighted by atomic mass is 10.1. The number of terminal acetylenes is 1. The van der Waals surface area contributed by atoms with Crippen molar-refractivity contribution in [2.45, 2.75) is 70.6 Å². The maximum Gasteiger partial charge on any atom is 0.0431 e. The van der Waals surface area contributed by atoms with Crippen molar-refractivity contribution >= 4 is 0 Å². The Bertz CT molecular complexity index is 146. The first-order chi connectivity index (χ1) is 7.41. The van der Waals surface area contributed by atoms with Crippen molar-refractivity contribution in [2.75, 3.05) is 6.61 Å². The van der Waals surface area contributed by atoms with Crippen LogP contribution in [0.15, 0.2) is 0 Å². The maximum atomic E-state index is 8.60. The summed E-state index contributed by atoms with van der Waals surface area (Å²) in [6, 6.07) is 0. The minimum absolute atomic E-state index is 0.356. The largest absolute Gasteiger partial charge is 0.396 e.